The van der Waals surface area contributed by atoms with Gasteiger partial charge in [-0.2, -0.15) is 0 Å². The minimum atomic E-state index is -1.98. The van der Waals surface area contributed by atoms with Crippen LogP contribution in [0, 0.1) is 0 Å². The third-order valence-corrected chi connectivity index (χ3v) is 25.8. The van der Waals surface area contributed by atoms with E-state index in [1.165, 1.54) is 405 Å². The number of carbonyl (C=O) groups excluding carboxylic acids is 1. The standard InChI is InChI=1S/C100H191NO18/c1-3-5-7-9-11-13-15-17-19-21-23-25-27-29-31-33-35-37-38-39-40-41-42-43-44-46-48-50-52-54-56-58-60-62-64-66-68-70-72-74-76-78-88(106)101-83(84(105)77-75-73-71-69-67-65-63-61-59-57-55-53-51-49-47-45-36-34-32-30-28-26-24-22-20-18-16-14-12-10-8-6-4-2)82-114-98-94(112)91(109)96(86(80-103)116-98)119-100-95(113)92(110)97(87(81-104)117-100)118-99-93(111)90(108)89(107)85(79-102)115-99/h67,69,75,77,83-87,89-100,102-105,107-113H,3-66,68,70-74,76,78-82H2,1-2H3,(H,101,106)/b69-67+,77-75+. The van der Waals surface area contributed by atoms with Gasteiger partial charge in [-0.25, -0.2) is 0 Å². The van der Waals surface area contributed by atoms with Crippen molar-refractivity contribution >= 4 is 5.91 Å². The molecule has 0 radical (unpaired) electrons. The molecule has 3 fully saturated rings. The quantitative estimate of drug-likeness (QED) is 0.0199. The van der Waals surface area contributed by atoms with Crippen molar-refractivity contribution in [2.45, 2.75) is 580 Å². The van der Waals surface area contributed by atoms with Crippen LogP contribution in [0.4, 0.5) is 0 Å². The van der Waals surface area contributed by atoms with Gasteiger partial charge in [-0.1, -0.05) is 462 Å². The molecule has 1 amide bonds. The van der Waals surface area contributed by atoms with Gasteiger partial charge in [0.05, 0.1) is 38.6 Å². The van der Waals surface area contributed by atoms with Gasteiger partial charge in [0.2, 0.25) is 5.91 Å². The second-order valence-corrected chi connectivity index (χ2v) is 36.7. The summed E-state index contributed by atoms with van der Waals surface area (Å²) in [6, 6.07) is -0.990. The lowest BCUT2D eigenvalue weighted by Gasteiger charge is -2.48. The van der Waals surface area contributed by atoms with Crippen molar-refractivity contribution in [2.75, 3.05) is 26.4 Å². The van der Waals surface area contributed by atoms with Gasteiger partial charge in [0, 0.05) is 6.42 Å². The molecular formula is C100H191NO18. The first-order valence-corrected chi connectivity index (χ1v) is 51.1. The summed E-state index contributed by atoms with van der Waals surface area (Å²) in [6.45, 7) is 1.81. The summed E-state index contributed by atoms with van der Waals surface area (Å²) in [5.41, 5.74) is 0. The van der Waals surface area contributed by atoms with Crippen LogP contribution in [-0.4, -0.2) is 193 Å². The molecule has 3 aliphatic rings. The number of ether oxygens (including phenoxy) is 6. The second kappa shape index (κ2) is 79.6. The topological polar surface area (TPSA) is 307 Å². The van der Waals surface area contributed by atoms with Gasteiger partial charge in [0.1, 0.15) is 73.2 Å². The van der Waals surface area contributed by atoms with Gasteiger partial charge in [-0.3, -0.25) is 4.79 Å². The third kappa shape index (κ3) is 57.0. The molecular weight excluding hydrogens is 1500 g/mol. The maximum Gasteiger partial charge on any atom is 0.220 e. The van der Waals surface area contributed by atoms with Crippen molar-refractivity contribution in [3.8, 4) is 0 Å². The number of hydrogen-bond acceptors (Lipinski definition) is 18. The lowest BCUT2D eigenvalue weighted by molar-refractivity contribution is -0.379. The Labute approximate surface area is 728 Å². The number of hydrogen-bond donors (Lipinski definition) is 12. The first-order valence-electron chi connectivity index (χ1n) is 51.1. The predicted molar refractivity (Wildman–Crippen MR) is 485 cm³/mol. The molecule has 19 nitrogen and oxygen atoms in total. The SMILES string of the molecule is CCCCCCCCCCCCCCCCCCCCCCCCCCCCC/C=C/CC/C=C/C(O)C(COC1OC(CO)C(OC2OC(CO)C(OC3OC(CO)C(O)C(O)C3O)C(O)C2O)C(O)C1O)NC(=O)CCCCCCCCCCCCCCCCCCCCCCCCCCCCCCCCCCCCCCCCCCC. The fraction of sp³-hybridized carbons (Fsp3) is 0.950. The number of rotatable bonds is 86. The Kier molecular flexibility index (Phi) is 74.6. The van der Waals surface area contributed by atoms with E-state index in [4.69, 9.17) is 28.4 Å². The van der Waals surface area contributed by atoms with Crippen molar-refractivity contribution in [3.63, 3.8) is 0 Å². The molecule has 119 heavy (non-hydrogen) atoms. The van der Waals surface area contributed by atoms with Crippen LogP contribution in [0.3, 0.4) is 0 Å². The van der Waals surface area contributed by atoms with Gasteiger partial charge < -0.3 is 89.9 Å². The number of unbranched alkanes of at least 4 members (excludes halogenated alkanes) is 68. The fourth-order valence-electron chi connectivity index (χ4n) is 17.7. The normalized spacial score (nSPS) is 24.2. The highest BCUT2D eigenvalue weighted by atomic mass is 16.8. The first-order chi connectivity index (χ1) is 58.3. The van der Waals surface area contributed by atoms with Gasteiger partial charge in [-0.05, 0) is 32.1 Å². The predicted octanol–water partition coefficient (Wildman–Crippen LogP) is 21.5. The molecule has 19 heteroatoms. The maximum atomic E-state index is 13.6. The Morgan fingerprint density at radius 2 is 0.538 bits per heavy atom. The molecule has 0 bridgehead atoms. The Morgan fingerprint density at radius 1 is 0.294 bits per heavy atom. The Balaban J connectivity index is 1.28. The van der Waals surface area contributed by atoms with Crippen LogP contribution in [-0.2, 0) is 33.2 Å². The molecule has 0 spiro atoms. The lowest BCUT2D eigenvalue weighted by Crippen LogP contribution is -2.66. The monoisotopic (exact) mass is 1690 g/mol. The highest BCUT2D eigenvalue weighted by Crippen LogP contribution is 2.34. The molecule has 0 aromatic rings. The molecule has 0 saturated carbocycles. The average molecular weight is 1700 g/mol. The third-order valence-electron chi connectivity index (χ3n) is 25.8. The Bertz CT molecular complexity index is 2230. The van der Waals surface area contributed by atoms with Gasteiger partial charge >= 0.3 is 0 Å². The van der Waals surface area contributed by atoms with Crippen LogP contribution in [0.2, 0.25) is 0 Å². The van der Waals surface area contributed by atoms with Crippen molar-refractivity contribution in [1.82, 2.24) is 5.32 Å². The van der Waals surface area contributed by atoms with E-state index < -0.39 is 124 Å². The second-order valence-electron chi connectivity index (χ2n) is 36.7. The summed E-state index contributed by atoms with van der Waals surface area (Å²) in [5.74, 6) is -0.274. The minimum Gasteiger partial charge on any atom is -0.394 e. The van der Waals surface area contributed by atoms with E-state index in [9.17, 15) is 61.0 Å². The smallest absolute Gasteiger partial charge is 0.220 e. The van der Waals surface area contributed by atoms with Gasteiger partial charge in [-0.15, -0.1) is 0 Å². The van der Waals surface area contributed by atoms with Crippen molar-refractivity contribution in [3.05, 3.63) is 24.3 Å². The summed E-state index contributed by atoms with van der Waals surface area (Å²) in [4.78, 5) is 13.6. The highest BCUT2D eigenvalue weighted by Gasteiger charge is 2.54. The van der Waals surface area contributed by atoms with Gasteiger partial charge in [0.25, 0.3) is 0 Å². The molecule has 0 aliphatic carbocycles. The molecule has 704 valence electrons. The number of nitrogens with one attached hydrogen (secondary N) is 1. The number of aliphatic hydroxyl groups is 11. The van der Waals surface area contributed by atoms with E-state index in [1.54, 1.807) is 6.08 Å². The Hall–Kier alpha value is -1.73. The van der Waals surface area contributed by atoms with E-state index in [1.807, 2.05) is 6.08 Å². The van der Waals surface area contributed by atoms with Crippen LogP contribution < -0.4 is 5.32 Å². The minimum absolute atomic E-state index is 0.242. The number of aliphatic hydroxyl groups excluding tert-OH is 11. The average Bonchev–Trinajstić information content (AvgIpc) is 0.778. The number of amides is 1. The molecule has 12 N–H and O–H groups in total. The molecule has 17 atom stereocenters. The number of allylic oxidation sites excluding steroid dienone is 3. The van der Waals surface area contributed by atoms with E-state index in [0.29, 0.717) is 12.8 Å². The van der Waals surface area contributed by atoms with Crippen LogP contribution in [0.25, 0.3) is 0 Å². The van der Waals surface area contributed by atoms with Crippen LogP contribution in [0.5, 0.6) is 0 Å². The summed E-state index contributed by atoms with van der Waals surface area (Å²) in [5, 5.41) is 121. The maximum absolute atomic E-state index is 13.6. The fourth-order valence-corrected chi connectivity index (χ4v) is 17.7. The van der Waals surface area contributed by atoms with E-state index in [2.05, 4.69) is 31.3 Å². The zero-order valence-corrected chi connectivity index (χ0v) is 76.6. The van der Waals surface area contributed by atoms with Gasteiger partial charge in [0.15, 0.2) is 18.9 Å². The lowest BCUT2D eigenvalue weighted by atomic mass is 9.96. The summed E-state index contributed by atoms with van der Waals surface area (Å²) in [7, 11) is 0. The number of carbonyl (C=O) groups is 1. The largest absolute Gasteiger partial charge is 0.394 e. The molecule has 3 rings (SSSR count). The molecule has 3 heterocycles. The first kappa shape index (κ1) is 111. The van der Waals surface area contributed by atoms with Crippen molar-refractivity contribution < 1.29 is 89.4 Å². The molecule has 17 unspecified atom stereocenters. The molecule has 0 aromatic carbocycles. The summed E-state index contributed by atoms with van der Waals surface area (Å²) in [6.07, 6.45) is 76.8. The van der Waals surface area contributed by atoms with Crippen molar-refractivity contribution in [2.24, 2.45) is 0 Å². The molecule has 0 aromatic heterocycles. The molecule has 3 aliphatic heterocycles. The zero-order chi connectivity index (χ0) is 85.9. The van der Waals surface area contributed by atoms with Crippen LogP contribution in [0.1, 0.15) is 476 Å². The molecule has 3 saturated heterocycles. The van der Waals surface area contributed by atoms with Crippen molar-refractivity contribution in [1.29, 1.82) is 0 Å². The van der Waals surface area contributed by atoms with Crippen LogP contribution in [0.15, 0.2) is 24.3 Å². The van der Waals surface area contributed by atoms with E-state index in [-0.39, 0.29) is 18.9 Å². The highest BCUT2D eigenvalue weighted by molar-refractivity contribution is 5.76. The zero-order valence-electron chi connectivity index (χ0n) is 76.6. The van der Waals surface area contributed by atoms with E-state index in [0.717, 1.165) is 38.5 Å². The summed E-state index contributed by atoms with van der Waals surface area (Å²) < 4.78 is 34.6. The Morgan fingerprint density at radius 3 is 0.840 bits per heavy atom. The summed E-state index contributed by atoms with van der Waals surface area (Å²) >= 11 is 0. The van der Waals surface area contributed by atoms with Crippen LogP contribution >= 0.6 is 0 Å². The van der Waals surface area contributed by atoms with E-state index >= 15 is 0 Å².